The van der Waals surface area contributed by atoms with E-state index in [2.05, 4.69) is 10.2 Å². The third kappa shape index (κ3) is 4.18. The first-order chi connectivity index (χ1) is 7.34. The molecule has 1 aliphatic rings. The molecule has 0 saturated carbocycles. The Balaban J connectivity index is 0.00000128. The summed E-state index contributed by atoms with van der Waals surface area (Å²) in [5, 5.41) is 4.05. The van der Waals surface area contributed by atoms with Gasteiger partial charge in [0.15, 0.2) is 0 Å². The minimum Gasteiger partial charge on any atom is -0.478 e. The molecule has 1 N–H and O–H groups in total. The summed E-state index contributed by atoms with van der Waals surface area (Å²) in [4.78, 5) is 2.28. The van der Waals surface area contributed by atoms with Crippen molar-refractivity contribution in [1.29, 1.82) is 0 Å². The highest BCUT2D eigenvalue weighted by atomic mass is 35.5. The lowest BCUT2D eigenvalue weighted by molar-refractivity contribution is 0.113. The van der Waals surface area contributed by atoms with Crippen LogP contribution in [0.1, 0.15) is 0 Å². The molecule has 16 heavy (non-hydrogen) atoms. The van der Waals surface area contributed by atoms with Gasteiger partial charge in [0.1, 0.15) is 12.5 Å². The lowest BCUT2D eigenvalue weighted by atomic mass is 10.3. The summed E-state index contributed by atoms with van der Waals surface area (Å²) >= 11 is 5.79. The van der Waals surface area contributed by atoms with E-state index in [1.54, 1.807) is 0 Å². The van der Waals surface area contributed by atoms with Crippen molar-refractivity contribution < 1.29 is 4.74 Å². The van der Waals surface area contributed by atoms with Gasteiger partial charge in [-0.15, -0.1) is 12.4 Å². The summed E-state index contributed by atoms with van der Waals surface area (Å²) in [6.07, 6.45) is 0. The van der Waals surface area contributed by atoms with Crippen molar-refractivity contribution in [2.24, 2.45) is 0 Å². The number of nitrogens with one attached hydrogen (secondary N) is 1. The van der Waals surface area contributed by atoms with Crippen LogP contribution in [0.15, 0.2) is 24.3 Å². The number of hydrogen-bond donors (Lipinski definition) is 1. The Bertz CT molecular complexity index is 299. The monoisotopic (exact) mass is 262 g/mol. The van der Waals surface area contributed by atoms with E-state index >= 15 is 0 Å². The predicted molar refractivity (Wildman–Crippen MR) is 68.6 cm³/mol. The lowest BCUT2D eigenvalue weighted by Crippen LogP contribution is -2.44. The molecule has 0 radical (unpaired) electrons. The molecule has 1 saturated heterocycles. The van der Waals surface area contributed by atoms with Gasteiger partial charge in [0.05, 0.1) is 0 Å². The second kappa shape index (κ2) is 6.97. The minimum atomic E-state index is 0. The molecule has 0 atom stereocenters. The zero-order valence-electron chi connectivity index (χ0n) is 8.99. The second-order valence-electron chi connectivity index (χ2n) is 3.60. The van der Waals surface area contributed by atoms with Crippen LogP contribution in [-0.2, 0) is 0 Å². The molecule has 3 nitrogen and oxygen atoms in total. The highest BCUT2D eigenvalue weighted by Gasteiger charge is 2.09. The molecule has 1 fully saturated rings. The number of hydrogen-bond acceptors (Lipinski definition) is 3. The fourth-order valence-corrected chi connectivity index (χ4v) is 1.66. The molecule has 2 rings (SSSR count). The highest BCUT2D eigenvalue weighted by molar-refractivity contribution is 6.30. The van der Waals surface area contributed by atoms with Crippen LogP contribution in [0, 0.1) is 0 Å². The molecule has 0 aromatic heterocycles. The fraction of sp³-hybridized carbons (Fsp3) is 0.455. The number of rotatable bonds is 3. The molecule has 0 spiro atoms. The van der Waals surface area contributed by atoms with Gasteiger partial charge in [0.2, 0.25) is 0 Å². The van der Waals surface area contributed by atoms with E-state index in [4.69, 9.17) is 16.3 Å². The summed E-state index contributed by atoms with van der Waals surface area (Å²) in [6, 6.07) is 7.47. The van der Waals surface area contributed by atoms with Gasteiger partial charge in [-0.3, -0.25) is 4.90 Å². The van der Waals surface area contributed by atoms with Crippen LogP contribution in [0.5, 0.6) is 5.75 Å². The molecule has 0 bridgehead atoms. The Morgan fingerprint density at radius 1 is 1.19 bits per heavy atom. The molecule has 0 unspecified atom stereocenters. The SMILES string of the molecule is Cl.Clc1ccc(OCN2CCNCC2)cc1. The Labute approximate surface area is 107 Å². The first-order valence-electron chi connectivity index (χ1n) is 5.16. The van der Waals surface area contributed by atoms with E-state index in [0.29, 0.717) is 6.73 Å². The van der Waals surface area contributed by atoms with Crippen LogP contribution in [0.3, 0.4) is 0 Å². The third-order valence-electron chi connectivity index (χ3n) is 2.44. The van der Waals surface area contributed by atoms with E-state index < -0.39 is 0 Å². The number of halogens is 2. The van der Waals surface area contributed by atoms with Crippen molar-refractivity contribution in [3.63, 3.8) is 0 Å². The molecule has 0 aliphatic carbocycles. The zero-order chi connectivity index (χ0) is 10.5. The van der Waals surface area contributed by atoms with Crippen molar-refractivity contribution in [3.05, 3.63) is 29.3 Å². The topological polar surface area (TPSA) is 24.5 Å². The van der Waals surface area contributed by atoms with Gasteiger partial charge in [0, 0.05) is 31.2 Å². The Kier molecular flexibility index (Phi) is 5.91. The maximum atomic E-state index is 5.79. The van der Waals surface area contributed by atoms with E-state index in [9.17, 15) is 0 Å². The van der Waals surface area contributed by atoms with Gasteiger partial charge in [-0.05, 0) is 24.3 Å². The largest absolute Gasteiger partial charge is 0.478 e. The van der Waals surface area contributed by atoms with Crippen LogP contribution >= 0.6 is 24.0 Å². The second-order valence-corrected chi connectivity index (χ2v) is 4.03. The normalized spacial score (nSPS) is 16.6. The minimum absolute atomic E-state index is 0. The van der Waals surface area contributed by atoms with Crippen LogP contribution in [-0.4, -0.2) is 37.8 Å². The molecular formula is C11H16Cl2N2O. The molecule has 0 amide bonds. The first-order valence-corrected chi connectivity index (χ1v) is 5.54. The van der Waals surface area contributed by atoms with Crippen LogP contribution in [0.2, 0.25) is 5.02 Å². The summed E-state index contributed by atoms with van der Waals surface area (Å²) in [5.41, 5.74) is 0. The fourth-order valence-electron chi connectivity index (χ4n) is 1.54. The first kappa shape index (κ1) is 13.6. The van der Waals surface area contributed by atoms with E-state index in [-0.39, 0.29) is 12.4 Å². The number of piperazine rings is 1. The zero-order valence-corrected chi connectivity index (χ0v) is 10.6. The Morgan fingerprint density at radius 3 is 2.44 bits per heavy atom. The number of ether oxygens (including phenoxy) is 1. The maximum absolute atomic E-state index is 5.79. The van der Waals surface area contributed by atoms with E-state index in [0.717, 1.165) is 37.0 Å². The van der Waals surface area contributed by atoms with Gasteiger partial charge in [0.25, 0.3) is 0 Å². The third-order valence-corrected chi connectivity index (χ3v) is 2.69. The quantitative estimate of drug-likeness (QED) is 0.902. The van der Waals surface area contributed by atoms with Gasteiger partial charge in [-0.1, -0.05) is 11.6 Å². The number of nitrogens with zero attached hydrogens (tertiary/aromatic N) is 1. The number of benzene rings is 1. The average molecular weight is 263 g/mol. The standard InChI is InChI=1S/C11H15ClN2O.ClH/c12-10-1-3-11(4-2-10)15-9-14-7-5-13-6-8-14;/h1-4,13H,5-9H2;1H. The van der Waals surface area contributed by atoms with Gasteiger partial charge in [-0.2, -0.15) is 0 Å². The molecule has 1 aromatic carbocycles. The van der Waals surface area contributed by atoms with Crippen molar-refractivity contribution in [1.82, 2.24) is 10.2 Å². The maximum Gasteiger partial charge on any atom is 0.142 e. The van der Waals surface area contributed by atoms with Crippen LogP contribution < -0.4 is 10.1 Å². The molecule has 1 aliphatic heterocycles. The van der Waals surface area contributed by atoms with Crippen LogP contribution in [0.4, 0.5) is 0 Å². The van der Waals surface area contributed by atoms with Crippen molar-refractivity contribution in [2.75, 3.05) is 32.9 Å². The average Bonchev–Trinajstić information content (AvgIpc) is 2.30. The van der Waals surface area contributed by atoms with Gasteiger partial charge < -0.3 is 10.1 Å². The molecule has 1 aromatic rings. The van der Waals surface area contributed by atoms with Crippen molar-refractivity contribution in [2.45, 2.75) is 0 Å². The van der Waals surface area contributed by atoms with Gasteiger partial charge >= 0.3 is 0 Å². The molecule has 5 heteroatoms. The summed E-state index contributed by atoms with van der Waals surface area (Å²) in [6.45, 7) is 4.85. The van der Waals surface area contributed by atoms with E-state index in [1.807, 2.05) is 24.3 Å². The molecule has 1 heterocycles. The summed E-state index contributed by atoms with van der Waals surface area (Å²) in [5.74, 6) is 0.873. The van der Waals surface area contributed by atoms with Crippen LogP contribution in [0.25, 0.3) is 0 Å². The Morgan fingerprint density at radius 2 is 1.81 bits per heavy atom. The highest BCUT2D eigenvalue weighted by Crippen LogP contribution is 2.15. The lowest BCUT2D eigenvalue weighted by Gasteiger charge is -2.26. The summed E-state index contributed by atoms with van der Waals surface area (Å²) in [7, 11) is 0. The van der Waals surface area contributed by atoms with Crippen molar-refractivity contribution in [3.8, 4) is 5.75 Å². The smallest absolute Gasteiger partial charge is 0.142 e. The van der Waals surface area contributed by atoms with Crippen molar-refractivity contribution >= 4 is 24.0 Å². The Hall–Kier alpha value is -0.480. The molecule has 90 valence electrons. The molecular weight excluding hydrogens is 247 g/mol. The van der Waals surface area contributed by atoms with E-state index in [1.165, 1.54) is 0 Å². The summed E-state index contributed by atoms with van der Waals surface area (Å²) < 4.78 is 5.64. The predicted octanol–water partition coefficient (Wildman–Crippen LogP) is 2.00. The van der Waals surface area contributed by atoms with Gasteiger partial charge in [-0.25, -0.2) is 0 Å².